The van der Waals surface area contributed by atoms with Gasteiger partial charge in [0, 0.05) is 38.4 Å². The smallest absolute Gasteiger partial charge is 0.238 e. The van der Waals surface area contributed by atoms with Crippen LogP contribution < -0.4 is 5.32 Å². The second-order valence-electron chi connectivity index (χ2n) is 5.93. The molecule has 2 atom stereocenters. The molecule has 6 heteroatoms. The van der Waals surface area contributed by atoms with E-state index in [1.54, 1.807) is 18.5 Å². The number of amides is 1. The number of aliphatic hydroxyl groups is 1. The molecule has 1 aromatic rings. The van der Waals surface area contributed by atoms with Crippen LogP contribution in [0.5, 0.6) is 0 Å². The first-order valence-electron chi connectivity index (χ1n) is 7.92. The van der Waals surface area contributed by atoms with Gasteiger partial charge < -0.3 is 10.4 Å². The fourth-order valence-electron chi connectivity index (χ4n) is 2.91. The minimum absolute atomic E-state index is 0.00757. The molecule has 1 amide bonds. The maximum atomic E-state index is 12.1. The van der Waals surface area contributed by atoms with Gasteiger partial charge in [0.1, 0.15) is 0 Å². The number of carbonyl (C=O) groups excluding carboxylic acids is 1. The highest BCUT2D eigenvalue weighted by atomic mass is 16.3. The summed E-state index contributed by atoms with van der Waals surface area (Å²) in [4.78, 5) is 20.6. The van der Waals surface area contributed by atoms with Gasteiger partial charge in [-0.3, -0.25) is 19.6 Å². The van der Waals surface area contributed by atoms with E-state index >= 15 is 0 Å². The SMILES string of the molecule is CC[C@@H]1CN(CC(=O)Nc2cccnc2)CCN1C[C@H](C)O. The van der Waals surface area contributed by atoms with Crippen LogP contribution in [0.25, 0.3) is 0 Å². The van der Waals surface area contributed by atoms with Gasteiger partial charge in [-0.1, -0.05) is 6.92 Å². The summed E-state index contributed by atoms with van der Waals surface area (Å²) in [6, 6.07) is 4.03. The maximum Gasteiger partial charge on any atom is 0.238 e. The van der Waals surface area contributed by atoms with Crippen molar-refractivity contribution in [3.8, 4) is 0 Å². The zero-order chi connectivity index (χ0) is 15.9. The number of nitrogens with zero attached hydrogens (tertiary/aromatic N) is 3. The normalized spacial score (nSPS) is 21.5. The molecular weight excluding hydrogens is 280 g/mol. The number of pyridine rings is 1. The average molecular weight is 306 g/mol. The summed E-state index contributed by atoms with van der Waals surface area (Å²) < 4.78 is 0. The first-order chi connectivity index (χ1) is 10.6. The van der Waals surface area contributed by atoms with Crippen molar-refractivity contribution >= 4 is 11.6 Å². The highest BCUT2D eigenvalue weighted by Gasteiger charge is 2.27. The summed E-state index contributed by atoms with van der Waals surface area (Å²) in [6.07, 6.45) is 4.04. The molecular formula is C16H26N4O2. The fourth-order valence-corrected chi connectivity index (χ4v) is 2.91. The summed E-state index contributed by atoms with van der Waals surface area (Å²) in [5.74, 6) is -0.00757. The third-order valence-corrected chi connectivity index (χ3v) is 3.97. The van der Waals surface area contributed by atoms with Crippen LogP contribution in [-0.4, -0.2) is 70.7 Å². The second-order valence-corrected chi connectivity index (χ2v) is 5.93. The number of aliphatic hydroxyl groups excluding tert-OH is 1. The van der Waals surface area contributed by atoms with Gasteiger partial charge >= 0.3 is 0 Å². The van der Waals surface area contributed by atoms with E-state index in [1.807, 2.05) is 13.0 Å². The lowest BCUT2D eigenvalue weighted by atomic mass is 10.1. The molecule has 1 aliphatic rings. The molecule has 0 aliphatic carbocycles. The van der Waals surface area contributed by atoms with Crippen LogP contribution >= 0.6 is 0 Å². The number of rotatable bonds is 6. The number of hydrogen-bond acceptors (Lipinski definition) is 5. The number of carbonyl (C=O) groups is 1. The standard InChI is InChI=1S/C16H26N4O2/c1-3-15-11-19(7-8-20(15)10-13(2)21)12-16(22)18-14-5-4-6-17-9-14/h4-6,9,13,15,21H,3,7-8,10-12H2,1-2H3,(H,18,22)/t13-,15+/m0/s1. The first kappa shape index (κ1) is 16.9. The lowest BCUT2D eigenvalue weighted by Crippen LogP contribution is -2.55. The Morgan fingerprint density at radius 1 is 1.55 bits per heavy atom. The zero-order valence-electron chi connectivity index (χ0n) is 13.4. The van der Waals surface area contributed by atoms with Crippen LogP contribution in [0.2, 0.25) is 0 Å². The molecule has 2 N–H and O–H groups in total. The zero-order valence-corrected chi connectivity index (χ0v) is 13.4. The largest absolute Gasteiger partial charge is 0.392 e. The van der Waals surface area contributed by atoms with Crippen molar-refractivity contribution in [3.05, 3.63) is 24.5 Å². The number of hydrogen-bond donors (Lipinski definition) is 2. The van der Waals surface area contributed by atoms with E-state index in [9.17, 15) is 9.90 Å². The van der Waals surface area contributed by atoms with Gasteiger partial charge in [0.2, 0.25) is 5.91 Å². The minimum Gasteiger partial charge on any atom is -0.392 e. The van der Waals surface area contributed by atoms with Crippen LogP contribution in [0, 0.1) is 0 Å². The Balaban J connectivity index is 1.83. The molecule has 0 unspecified atom stereocenters. The molecule has 0 spiro atoms. The van der Waals surface area contributed by atoms with Gasteiger partial charge in [-0.05, 0) is 25.5 Å². The Morgan fingerprint density at radius 3 is 3.00 bits per heavy atom. The Kier molecular flexibility index (Phi) is 6.30. The molecule has 22 heavy (non-hydrogen) atoms. The maximum absolute atomic E-state index is 12.1. The number of anilines is 1. The van der Waals surface area contributed by atoms with Gasteiger partial charge in [-0.2, -0.15) is 0 Å². The third kappa shape index (κ3) is 5.05. The predicted molar refractivity (Wildman–Crippen MR) is 86.6 cm³/mol. The van der Waals surface area contributed by atoms with E-state index in [0.717, 1.165) is 31.7 Å². The Bertz CT molecular complexity index is 466. The lowest BCUT2D eigenvalue weighted by molar-refractivity contribution is -0.118. The summed E-state index contributed by atoms with van der Waals surface area (Å²) in [6.45, 7) is 7.68. The van der Waals surface area contributed by atoms with Gasteiger partial charge in [0.15, 0.2) is 0 Å². The lowest BCUT2D eigenvalue weighted by Gasteiger charge is -2.41. The van der Waals surface area contributed by atoms with Gasteiger partial charge in [-0.25, -0.2) is 0 Å². The average Bonchev–Trinajstić information content (AvgIpc) is 2.49. The van der Waals surface area contributed by atoms with E-state index in [-0.39, 0.29) is 12.0 Å². The van der Waals surface area contributed by atoms with Crippen LogP contribution in [0.15, 0.2) is 24.5 Å². The van der Waals surface area contributed by atoms with Crippen molar-refractivity contribution in [1.82, 2.24) is 14.8 Å². The van der Waals surface area contributed by atoms with E-state index in [1.165, 1.54) is 0 Å². The predicted octanol–water partition coefficient (Wildman–Crippen LogP) is 0.797. The molecule has 1 aliphatic heterocycles. The fraction of sp³-hybridized carbons (Fsp3) is 0.625. The highest BCUT2D eigenvalue weighted by molar-refractivity contribution is 5.92. The Morgan fingerprint density at radius 2 is 2.36 bits per heavy atom. The van der Waals surface area contributed by atoms with Crippen molar-refractivity contribution in [3.63, 3.8) is 0 Å². The van der Waals surface area contributed by atoms with E-state index in [4.69, 9.17) is 0 Å². The van der Waals surface area contributed by atoms with E-state index < -0.39 is 0 Å². The van der Waals surface area contributed by atoms with Crippen molar-refractivity contribution < 1.29 is 9.90 Å². The summed E-state index contributed by atoms with van der Waals surface area (Å²) >= 11 is 0. The number of nitrogens with one attached hydrogen (secondary N) is 1. The molecule has 2 heterocycles. The quantitative estimate of drug-likeness (QED) is 0.813. The topological polar surface area (TPSA) is 68.7 Å². The molecule has 122 valence electrons. The molecule has 1 aromatic heterocycles. The Hall–Kier alpha value is -1.50. The molecule has 0 bridgehead atoms. The number of β-amino-alcohol motifs (C(OH)–C–C–N with tert-alkyl or cyclic N) is 1. The van der Waals surface area contributed by atoms with Crippen molar-refractivity contribution in [2.24, 2.45) is 0 Å². The van der Waals surface area contributed by atoms with Crippen LogP contribution in [0.3, 0.4) is 0 Å². The van der Waals surface area contributed by atoms with Gasteiger partial charge in [0.05, 0.1) is 24.5 Å². The monoisotopic (exact) mass is 306 g/mol. The molecule has 1 fully saturated rings. The third-order valence-electron chi connectivity index (χ3n) is 3.97. The number of aromatic nitrogens is 1. The van der Waals surface area contributed by atoms with Crippen molar-refractivity contribution in [1.29, 1.82) is 0 Å². The molecule has 2 rings (SSSR count). The first-order valence-corrected chi connectivity index (χ1v) is 7.92. The van der Waals surface area contributed by atoms with E-state index in [0.29, 0.717) is 19.1 Å². The molecule has 0 radical (unpaired) electrons. The van der Waals surface area contributed by atoms with Crippen molar-refractivity contribution in [2.45, 2.75) is 32.4 Å². The molecule has 1 saturated heterocycles. The van der Waals surface area contributed by atoms with Crippen LogP contribution in [-0.2, 0) is 4.79 Å². The van der Waals surface area contributed by atoms with Gasteiger partial charge in [0.25, 0.3) is 0 Å². The molecule has 0 aromatic carbocycles. The van der Waals surface area contributed by atoms with Crippen molar-refractivity contribution in [2.75, 3.05) is 38.0 Å². The Labute approximate surface area is 132 Å². The highest BCUT2D eigenvalue weighted by Crippen LogP contribution is 2.13. The van der Waals surface area contributed by atoms with Gasteiger partial charge in [-0.15, -0.1) is 0 Å². The second kappa shape index (κ2) is 8.22. The van der Waals surface area contributed by atoms with Crippen LogP contribution in [0.1, 0.15) is 20.3 Å². The summed E-state index contributed by atoms with van der Waals surface area (Å²) in [7, 11) is 0. The molecule has 0 saturated carbocycles. The summed E-state index contributed by atoms with van der Waals surface area (Å²) in [5.41, 5.74) is 0.729. The van der Waals surface area contributed by atoms with Crippen LogP contribution in [0.4, 0.5) is 5.69 Å². The number of piperazine rings is 1. The minimum atomic E-state index is -0.311. The van der Waals surface area contributed by atoms with E-state index in [2.05, 4.69) is 27.0 Å². The molecule has 6 nitrogen and oxygen atoms in total. The summed E-state index contributed by atoms with van der Waals surface area (Å²) in [5, 5.41) is 12.4.